The molecular formula is C54H64N8O6S2. The zero-order chi connectivity index (χ0) is 48.7. The van der Waals surface area contributed by atoms with Gasteiger partial charge in [-0.2, -0.15) is 23.5 Å². The summed E-state index contributed by atoms with van der Waals surface area (Å²) < 4.78 is 9.74. The maximum Gasteiger partial charge on any atom is 0.407 e. The number of benzene rings is 4. The first-order valence-corrected chi connectivity index (χ1v) is 27.4. The number of alkyl carbamates (subject to hydrolysis) is 2. The molecule has 4 amide bonds. The Balaban J connectivity index is 0.941. The topological polar surface area (TPSA) is 175 Å². The summed E-state index contributed by atoms with van der Waals surface area (Å²) in [5.74, 6) is 2.82. The second-order valence-electron chi connectivity index (χ2n) is 18.7. The standard InChI is InChI=1S/C54H64N8O6S2/c1-67-53(65)59-43(23-27-69-3)51(63)61-25-7-5-9-47(61)49-55-41-21-19-37(31-45(41)57-49)39-29-33-11-15-35(39)17-13-34-12-16-36(18-14-33)40(30-34)38-20-22-42-46(32-38)58-50(56-42)48-10-6-8-26-62(48)52(64)44(24-28-70-4)60-54(66)68-2/h11-12,15-16,19-22,29-32,43-44,47-48H,5-10,13-14,17-18,23-28H2,1-4H3,(H,55,57)(H,56,58)(H,59,65)(H,60,66). The lowest BCUT2D eigenvalue weighted by Gasteiger charge is -2.36. The van der Waals surface area contributed by atoms with Crippen molar-refractivity contribution in [2.75, 3.05) is 51.3 Å². The largest absolute Gasteiger partial charge is 0.453 e. The third-order valence-corrected chi connectivity index (χ3v) is 15.6. The number of hydrogen-bond donors (Lipinski definition) is 4. The molecular weight excluding hydrogens is 921 g/mol. The average Bonchev–Trinajstić information content (AvgIpc) is 4.03. The van der Waals surface area contributed by atoms with Gasteiger partial charge in [0.25, 0.3) is 0 Å². The van der Waals surface area contributed by atoms with Gasteiger partial charge in [-0.15, -0.1) is 0 Å². The third kappa shape index (κ3) is 10.8. The van der Waals surface area contributed by atoms with Crippen molar-refractivity contribution in [2.24, 2.45) is 0 Å². The Morgan fingerprint density at radius 3 is 1.47 bits per heavy atom. The van der Waals surface area contributed by atoms with Crippen LogP contribution in [0.15, 0.2) is 72.8 Å². The molecule has 4 aliphatic carbocycles. The minimum Gasteiger partial charge on any atom is -0.453 e. The molecule has 4 aromatic carbocycles. The van der Waals surface area contributed by atoms with Crippen LogP contribution in [0.5, 0.6) is 0 Å². The predicted octanol–water partition coefficient (Wildman–Crippen LogP) is 9.72. The van der Waals surface area contributed by atoms with Crippen molar-refractivity contribution >= 4 is 69.6 Å². The number of fused-ring (bicyclic) bond motifs is 2. The molecule has 368 valence electrons. The Bertz CT molecular complexity index is 2670. The van der Waals surface area contributed by atoms with Gasteiger partial charge in [-0.3, -0.25) is 9.59 Å². The highest BCUT2D eigenvalue weighted by Crippen LogP contribution is 2.37. The Kier molecular flexibility index (Phi) is 15.7. The van der Waals surface area contributed by atoms with Crippen LogP contribution >= 0.6 is 23.5 Å². The van der Waals surface area contributed by atoms with Gasteiger partial charge in [0, 0.05) is 13.1 Å². The number of aryl methyl sites for hydroxylation is 4. The zero-order valence-electron chi connectivity index (χ0n) is 40.6. The molecule has 6 aromatic rings. The van der Waals surface area contributed by atoms with Crippen molar-refractivity contribution in [3.8, 4) is 22.3 Å². The number of carbonyl (C=O) groups is 4. The molecule has 4 bridgehead atoms. The fourth-order valence-electron chi connectivity index (χ4n) is 10.5. The van der Waals surface area contributed by atoms with Gasteiger partial charge in [0.15, 0.2) is 0 Å². The number of ether oxygens (including phenoxy) is 2. The van der Waals surface area contributed by atoms with Crippen molar-refractivity contribution in [3.05, 3.63) is 107 Å². The summed E-state index contributed by atoms with van der Waals surface area (Å²) >= 11 is 3.28. The number of rotatable bonds is 14. The van der Waals surface area contributed by atoms with Crippen molar-refractivity contribution in [2.45, 2.75) is 101 Å². The number of thioether (sulfide) groups is 2. The number of methoxy groups -OCH3 is 2. The van der Waals surface area contributed by atoms with E-state index >= 15 is 0 Å². The lowest BCUT2D eigenvalue weighted by Crippen LogP contribution is -2.51. The Labute approximate surface area is 418 Å². The summed E-state index contributed by atoms with van der Waals surface area (Å²) in [6.07, 6.45) is 12.7. The first-order chi connectivity index (χ1) is 34.1. The molecule has 2 saturated heterocycles. The molecule has 4 heterocycles. The van der Waals surface area contributed by atoms with E-state index in [0.717, 1.165) is 121 Å². The molecule has 4 unspecified atom stereocenters. The lowest BCUT2D eigenvalue weighted by atomic mass is 9.87. The fraction of sp³-hybridized carbons (Fsp3) is 0.444. The van der Waals surface area contributed by atoms with E-state index in [2.05, 4.69) is 93.4 Å². The average molecular weight is 985 g/mol. The van der Waals surface area contributed by atoms with Crippen LogP contribution in [-0.4, -0.2) is 117 Å². The van der Waals surface area contributed by atoms with Gasteiger partial charge in [-0.25, -0.2) is 19.6 Å². The summed E-state index contributed by atoms with van der Waals surface area (Å²) in [6, 6.07) is 25.0. The second kappa shape index (κ2) is 22.4. The maximum atomic E-state index is 14.0. The van der Waals surface area contributed by atoms with Crippen LogP contribution < -0.4 is 10.6 Å². The van der Waals surface area contributed by atoms with E-state index < -0.39 is 24.3 Å². The molecule has 4 N–H and O–H groups in total. The summed E-state index contributed by atoms with van der Waals surface area (Å²) in [6.45, 7) is 1.21. The summed E-state index contributed by atoms with van der Waals surface area (Å²) in [7, 11) is 2.64. The van der Waals surface area contributed by atoms with E-state index in [1.165, 1.54) is 47.6 Å². The summed E-state index contributed by atoms with van der Waals surface area (Å²) in [5.41, 5.74) is 13.4. The van der Waals surface area contributed by atoms with E-state index in [-0.39, 0.29) is 23.9 Å². The van der Waals surface area contributed by atoms with E-state index in [4.69, 9.17) is 19.4 Å². The summed E-state index contributed by atoms with van der Waals surface area (Å²) in [5, 5.41) is 5.57. The fourth-order valence-corrected chi connectivity index (χ4v) is 11.5. The number of likely N-dealkylation sites (tertiary alicyclic amines) is 2. The monoisotopic (exact) mass is 984 g/mol. The van der Waals surface area contributed by atoms with Crippen LogP contribution in [0.1, 0.15) is 97.4 Å². The minimum absolute atomic E-state index is 0.101. The van der Waals surface area contributed by atoms with Crippen molar-refractivity contribution < 1.29 is 28.7 Å². The molecule has 70 heavy (non-hydrogen) atoms. The van der Waals surface area contributed by atoms with E-state index in [1.807, 2.05) is 22.3 Å². The number of H-pyrrole nitrogens is 2. The molecule has 2 aromatic heterocycles. The van der Waals surface area contributed by atoms with Gasteiger partial charge in [0.2, 0.25) is 11.8 Å². The Hall–Kier alpha value is -6.00. The molecule has 0 spiro atoms. The van der Waals surface area contributed by atoms with Crippen LogP contribution in [0.2, 0.25) is 0 Å². The second-order valence-corrected chi connectivity index (χ2v) is 20.7. The quantitative estimate of drug-likeness (QED) is 0.0823. The van der Waals surface area contributed by atoms with Gasteiger partial charge >= 0.3 is 12.2 Å². The van der Waals surface area contributed by atoms with E-state index in [1.54, 1.807) is 23.5 Å². The first kappa shape index (κ1) is 49.0. The first-order valence-electron chi connectivity index (χ1n) is 24.7. The number of nitrogens with zero attached hydrogens (tertiary/aromatic N) is 4. The van der Waals surface area contributed by atoms with Gasteiger partial charge in [-0.05, 0) is 170 Å². The highest BCUT2D eigenvalue weighted by atomic mass is 32.2. The number of piperidine rings is 2. The molecule has 2 fully saturated rings. The van der Waals surface area contributed by atoms with Gasteiger partial charge in [0.1, 0.15) is 23.7 Å². The number of aromatic amines is 2. The SMILES string of the molecule is COC(=O)NC(CCSC)C(=O)N1CCCCC1c1nc2ccc(-c3cc4ccc3CCc3ccc(c(-c5ccc6nc(C7CCCCN7C(=O)C(CCSC)NC(=O)OC)[nH]c6c5)c3)CC4)cc2[nH]1. The number of hydrogen-bond acceptors (Lipinski definition) is 10. The van der Waals surface area contributed by atoms with E-state index in [0.29, 0.717) is 25.9 Å². The minimum atomic E-state index is -0.667. The van der Waals surface area contributed by atoms with Gasteiger partial charge in [-0.1, -0.05) is 48.5 Å². The molecule has 4 atom stereocenters. The predicted molar refractivity (Wildman–Crippen MR) is 279 cm³/mol. The Morgan fingerprint density at radius 1 is 0.614 bits per heavy atom. The van der Waals surface area contributed by atoms with Crippen LogP contribution in [0.25, 0.3) is 44.3 Å². The van der Waals surface area contributed by atoms with Crippen molar-refractivity contribution in [1.29, 1.82) is 0 Å². The lowest BCUT2D eigenvalue weighted by molar-refractivity contribution is -0.138. The number of carbonyl (C=O) groups excluding carboxylic acids is 4. The number of nitrogens with one attached hydrogen (secondary N) is 4. The highest BCUT2D eigenvalue weighted by Gasteiger charge is 2.36. The summed E-state index contributed by atoms with van der Waals surface area (Å²) in [4.78, 5) is 73.7. The number of aromatic nitrogens is 4. The number of amides is 4. The molecule has 14 nitrogen and oxygen atoms in total. The van der Waals surface area contributed by atoms with Crippen LogP contribution in [0.4, 0.5) is 9.59 Å². The normalized spacial score (nSPS) is 18.0. The van der Waals surface area contributed by atoms with Gasteiger partial charge < -0.3 is 39.9 Å². The van der Waals surface area contributed by atoms with Crippen LogP contribution in [0, 0.1) is 0 Å². The third-order valence-electron chi connectivity index (χ3n) is 14.3. The van der Waals surface area contributed by atoms with E-state index in [9.17, 15) is 19.2 Å². The zero-order valence-corrected chi connectivity index (χ0v) is 42.2. The van der Waals surface area contributed by atoms with Crippen LogP contribution in [-0.2, 0) is 44.7 Å². The molecule has 2 aliphatic heterocycles. The Morgan fingerprint density at radius 2 is 1.06 bits per heavy atom. The molecule has 12 rings (SSSR count). The highest BCUT2D eigenvalue weighted by molar-refractivity contribution is 7.98. The molecule has 0 radical (unpaired) electrons. The van der Waals surface area contributed by atoms with Crippen molar-refractivity contribution in [1.82, 2.24) is 40.4 Å². The maximum absolute atomic E-state index is 14.0. The number of imidazole rings is 2. The smallest absolute Gasteiger partial charge is 0.407 e. The molecule has 16 heteroatoms. The van der Waals surface area contributed by atoms with Crippen LogP contribution in [0.3, 0.4) is 0 Å². The van der Waals surface area contributed by atoms with Gasteiger partial charge in [0.05, 0.1) is 48.4 Å². The van der Waals surface area contributed by atoms with Crippen molar-refractivity contribution in [3.63, 3.8) is 0 Å². The molecule has 0 saturated carbocycles. The molecule has 6 aliphatic rings.